The summed E-state index contributed by atoms with van der Waals surface area (Å²) in [5.74, 6) is -0.386. The van der Waals surface area contributed by atoms with E-state index in [1.165, 1.54) is 12.1 Å². The fourth-order valence-electron chi connectivity index (χ4n) is 1.31. The van der Waals surface area contributed by atoms with Crippen molar-refractivity contribution in [2.24, 2.45) is 0 Å². The zero-order valence-corrected chi connectivity index (χ0v) is 8.38. The quantitative estimate of drug-likeness (QED) is 0.489. The Morgan fingerprint density at radius 3 is 2.67 bits per heavy atom. The summed E-state index contributed by atoms with van der Waals surface area (Å²) >= 11 is 0.905. The molecule has 1 unspecified atom stereocenters. The van der Waals surface area contributed by atoms with Crippen LogP contribution >= 0.6 is 11.8 Å². The molecule has 1 aromatic rings. The topological polar surface area (TPSA) is 92.4 Å². The van der Waals surface area contributed by atoms with Crippen molar-refractivity contribution in [1.82, 2.24) is 5.32 Å². The Kier molecular flexibility index (Phi) is 2.28. The van der Waals surface area contributed by atoms with Gasteiger partial charge in [0.25, 0.3) is 5.24 Å². The first kappa shape index (κ1) is 9.85. The molecule has 0 aromatic heterocycles. The number of anilines is 1. The van der Waals surface area contributed by atoms with E-state index in [4.69, 9.17) is 5.73 Å². The molecule has 0 radical (unpaired) electrons. The van der Waals surface area contributed by atoms with Gasteiger partial charge in [-0.3, -0.25) is 14.9 Å². The molecule has 1 aliphatic heterocycles. The van der Waals surface area contributed by atoms with E-state index in [-0.39, 0.29) is 22.6 Å². The number of aromatic hydroxyl groups is 1. The van der Waals surface area contributed by atoms with E-state index >= 15 is 0 Å². The molecule has 2 amide bonds. The second-order valence-corrected chi connectivity index (χ2v) is 4.17. The molecule has 15 heavy (non-hydrogen) atoms. The maximum Gasteiger partial charge on any atom is 0.286 e. The summed E-state index contributed by atoms with van der Waals surface area (Å²) in [5, 5.41) is 10.5. The molecule has 78 valence electrons. The summed E-state index contributed by atoms with van der Waals surface area (Å²) < 4.78 is 0. The molecule has 1 atom stereocenters. The third kappa shape index (κ3) is 1.75. The molecular formula is C9H8N2O3S. The van der Waals surface area contributed by atoms with Gasteiger partial charge in [0.15, 0.2) is 0 Å². The highest BCUT2D eigenvalue weighted by atomic mass is 32.2. The lowest BCUT2D eigenvalue weighted by Gasteiger charge is -2.07. The van der Waals surface area contributed by atoms with E-state index < -0.39 is 5.25 Å². The van der Waals surface area contributed by atoms with Crippen LogP contribution in [0.15, 0.2) is 18.2 Å². The molecule has 1 aromatic carbocycles. The molecule has 0 aliphatic carbocycles. The molecule has 4 N–H and O–H groups in total. The number of nitrogen functional groups attached to an aromatic ring is 1. The van der Waals surface area contributed by atoms with Gasteiger partial charge in [-0.15, -0.1) is 0 Å². The Labute approximate surface area is 89.7 Å². The van der Waals surface area contributed by atoms with Crippen LogP contribution in [0.3, 0.4) is 0 Å². The van der Waals surface area contributed by atoms with Crippen molar-refractivity contribution >= 4 is 28.6 Å². The Morgan fingerprint density at radius 2 is 2.13 bits per heavy atom. The van der Waals surface area contributed by atoms with Crippen LogP contribution in [0, 0.1) is 0 Å². The van der Waals surface area contributed by atoms with E-state index in [9.17, 15) is 14.7 Å². The molecule has 1 heterocycles. The van der Waals surface area contributed by atoms with Crippen LogP contribution in [0.4, 0.5) is 10.5 Å². The summed E-state index contributed by atoms with van der Waals surface area (Å²) in [7, 11) is 0. The molecule has 0 saturated carbocycles. The van der Waals surface area contributed by atoms with Crippen molar-refractivity contribution < 1.29 is 14.7 Å². The van der Waals surface area contributed by atoms with Gasteiger partial charge in [-0.25, -0.2) is 0 Å². The van der Waals surface area contributed by atoms with Gasteiger partial charge in [0.05, 0.1) is 5.69 Å². The Balaban J connectivity index is 2.34. The smallest absolute Gasteiger partial charge is 0.286 e. The lowest BCUT2D eigenvalue weighted by molar-refractivity contribution is -0.119. The first-order valence-corrected chi connectivity index (χ1v) is 5.06. The third-order valence-corrected chi connectivity index (χ3v) is 3.08. The van der Waals surface area contributed by atoms with Gasteiger partial charge >= 0.3 is 0 Å². The Hall–Kier alpha value is -1.69. The van der Waals surface area contributed by atoms with Gasteiger partial charge in [0, 0.05) is 0 Å². The molecule has 2 rings (SSSR count). The Morgan fingerprint density at radius 1 is 1.40 bits per heavy atom. The second-order valence-electron chi connectivity index (χ2n) is 3.09. The lowest BCUT2D eigenvalue weighted by atomic mass is 10.1. The predicted octanol–water partition coefficient (Wildman–Crippen LogP) is 0.998. The lowest BCUT2D eigenvalue weighted by Crippen LogP contribution is -2.20. The van der Waals surface area contributed by atoms with Gasteiger partial charge in [-0.2, -0.15) is 0 Å². The normalized spacial score (nSPS) is 20.4. The van der Waals surface area contributed by atoms with E-state index in [1.54, 1.807) is 6.07 Å². The van der Waals surface area contributed by atoms with E-state index in [2.05, 4.69) is 5.32 Å². The minimum absolute atomic E-state index is 0.0338. The average Bonchev–Trinajstić information content (AvgIpc) is 2.50. The number of imide groups is 1. The number of amides is 2. The van der Waals surface area contributed by atoms with Crippen LogP contribution < -0.4 is 11.1 Å². The standard InChI is InChI=1S/C9H8N2O3S/c10-5-3-4(1-2-6(5)12)7-8(13)11-9(14)15-7/h1-3,7,12H,10H2,(H,11,13,14). The highest BCUT2D eigenvalue weighted by Gasteiger charge is 2.32. The number of thioether (sulfide) groups is 1. The number of carbonyl (C=O) groups excluding carboxylic acids is 2. The molecule has 1 aliphatic rings. The maximum absolute atomic E-state index is 11.3. The second kappa shape index (κ2) is 3.47. The number of benzene rings is 1. The van der Waals surface area contributed by atoms with Crippen molar-refractivity contribution in [2.75, 3.05) is 5.73 Å². The van der Waals surface area contributed by atoms with Crippen molar-refractivity contribution in [2.45, 2.75) is 5.25 Å². The minimum Gasteiger partial charge on any atom is -0.506 e. The summed E-state index contributed by atoms with van der Waals surface area (Å²) in [6.45, 7) is 0. The van der Waals surface area contributed by atoms with E-state index in [0.29, 0.717) is 5.56 Å². The molecule has 0 bridgehead atoms. The average molecular weight is 224 g/mol. The van der Waals surface area contributed by atoms with Crippen LogP contribution in [0.25, 0.3) is 0 Å². The number of carbonyl (C=O) groups is 2. The number of nitrogens with two attached hydrogens (primary N) is 1. The monoisotopic (exact) mass is 224 g/mol. The largest absolute Gasteiger partial charge is 0.506 e. The van der Waals surface area contributed by atoms with Gasteiger partial charge in [0.1, 0.15) is 11.0 Å². The SMILES string of the molecule is Nc1cc(C2SC(=O)NC2=O)ccc1O. The first-order valence-electron chi connectivity index (χ1n) is 4.18. The van der Waals surface area contributed by atoms with E-state index in [0.717, 1.165) is 11.8 Å². The fourth-order valence-corrected chi connectivity index (χ4v) is 2.13. The summed E-state index contributed by atoms with van der Waals surface area (Å²) in [4.78, 5) is 22.3. The summed E-state index contributed by atoms with van der Waals surface area (Å²) in [6, 6.07) is 4.47. The van der Waals surface area contributed by atoms with Gasteiger partial charge < -0.3 is 10.8 Å². The predicted molar refractivity (Wildman–Crippen MR) is 56.4 cm³/mol. The van der Waals surface area contributed by atoms with Crippen LogP contribution in [0.5, 0.6) is 5.75 Å². The summed E-state index contributed by atoms with van der Waals surface area (Å²) in [6.07, 6.45) is 0. The van der Waals surface area contributed by atoms with Crippen LogP contribution in [0.1, 0.15) is 10.8 Å². The number of rotatable bonds is 1. The number of hydrogen-bond acceptors (Lipinski definition) is 5. The van der Waals surface area contributed by atoms with Crippen molar-refractivity contribution in [3.8, 4) is 5.75 Å². The Bertz CT molecular complexity index is 447. The van der Waals surface area contributed by atoms with E-state index in [1.807, 2.05) is 0 Å². The zero-order chi connectivity index (χ0) is 11.0. The molecule has 1 fully saturated rings. The van der Waals surface area contributed by atoms with Crippen LogP contribution in [0.2, 0.25) is 0 Å². The van der Waals surface area contributed by atoms with Crippen LogP contribution in [-0.4, -0.2) is 16.3 Å². The van der Waals surface area contributed by atoms with Crippen molar-refractivity contribution in [1.29, 1.82) is 0 Å². The number of phenolic OH excluding ortho intramolecular Hbond substituents is 1. The summed E-state index contributed by atoms with van der Waals surface area (Å²) in [5.41, 5.74) is 6.30. The maximum atomic E-state index is 11.3. The number of phenols is 1. The minimum atomic E-state index is -0.569. The van der Waals surface area contributed by atoms with Gasteiger partial charge in [-0.1, -0.05) is 6.07 Å². The molecular weight excluding hydrogens is 216 g/mol. The molecule has 0 spiro atoms. The molecule has 1 saturated heterocycles. The highest BCUT2D eigenvalue weighted by molar-refractivity contribution is 8.15. The van der Waals surface area contributed by atoms with Crippen molar-refractivity contribution in [3.05, 3.63) is 23.8 Å². The number of hydrogen-bond donors (Lipinski definition) is 3. The van der Waals surface area contributed by atoms with Gasteiger partial charge in [-0.05, 0) is 29.5 Å². The third-order valence-electron chi connectivity index (χ3n) is 2.04. The highest BCUT2D eigenvalue weighted by Crippen LogP contribution is 2.36. The fraction of sp³-hybridized carbons (Fsp3) is 0.111. The number of nitrogens with one attached hydrogen (secondary N) is 1. The first-order chi connectivity index (χ1) is 7.08. The van der Waals surface area contributed by atoms with Crippen molar-refractivity contribution in [3.63, 3.8) is 0 Å². The van der Waals surface area contributed by atoms with Crippen LogP contribution in [-0.2, 0) is 4.79 Å². The van der Waals surface area contributed by atoms with Gasteiger partial charge in [0.2, 0.25) is 5.91 Å². The molecule has 6 heteroatoms. The zero-order valence-electron chi connectivity index (χ0n) is 7.56. The molecule has 5 nitrogen and oxygen atoms in total.